The predicted molar refractivity (Wildman–Crippen MR) is 85.4 cm³/mol. The van der Waals surface area contributed by atoms with Crippen LogP contribution in [0.15, 0.2) is 30.3 Å². The summed E-state index contributed by atoms with van der Waals surface area (Å²) in [6.45, 7) is 1.38. The first-order valence-corrected chi connectivity index (χ1v) is 7.99. The molecular formula is C16H21N5O3. The fourth-order valence-electron chi connectivity index (χ4n) is 3.21. The molecule has 0 aliphatic carbocycles. The first-order chi connectivity index (χ1) is 11.7. The second-order valence-corrected chi connectivity index (χ2v) is 5.92. The Morgan fingerprint density at radius 2 is 2.04 bits per heavy atom. The number of methoxy groups -OCH3 is 1. The van der Waals surface area contributed by atoms with Crippen LogP contribution in [-0.2, 0) is 11.3 Å². The van der Waals surface area contributed by atoms with Gasteiger partial charge in [-0.25, -0.2) is 4.79 Å². The molecule has 128 valence electrons. The number of ether oxygens (including phenoxy) is 1. The molecule has 1 aromatic carbocycles. The van der Waals surface area contributed by atoms with Gasteiger partial charge in [-0.1, -0.05) is 30.3 Å². The van der Waals surface area contributed by atoms with Gasteiger partial charge in [0, 0.05) is 20.2 Å². The van der Waals surface area contributed by atoms with Gasteiger partial charge in [-0.3, -0.25) is 0 Å². The maximum atomic E-state index is 11.1. The molecule has 8 heteroatoms. The van der Waals surface area contributed by atoms with E-state index in [1.165, 1.54) is 4.90 Å². The van der Waals surface area contributed by atoms with Gasteiger partial charge in [0.2, 0.25) is 0 Å². The van der Waals surface area contributed by atoms with Crippen molar-refractivity contribution in [3.05, 3.63) is 41.7 Å². The Bertz CT molecular complexity index is 667. The van der Waals surface area contributed by atoms with Gasteiger partial charge in [-0.15, -0.1) is 10.2 Å². The van der Waals surface area contributed by atoms with E-state index in [2.05, 4.69) is 15.4 Å². The lowest BCUT2D eigenvalue weighted by atomic mass is 9.86. The lowest BCUT2D eigenvalue weighted by molar-refractivity contribution is 0.114. The summed E-state index contributed by atoms with van der Waals surface area (Å²) < 4.78 is 5.06. The van der Waals surface area contributed by atoms with Crippen molar-refractivity contribution in [1.29, 1.82) is 0 Å². The highest BCUT2D eigenvalue weighted by molar-refractivity contribution is 5.65. The Morgan fingerprint density at radius 1 is 1.33 bits per heavy atom. The number of carbonyl (C=O) groups is 1. The molecule has 1 amide bonds. The third-order valence-electron chi connectivity index (χ3n) is 4.39. The summed E-state index contributed by atoms with van der Waals surface area (Å²) in [5, 5.41) is 21.8. The number of likely N-dealkylation sites (tertiary alicyclic amines) is 1. The number of tetrazole rings is 1. The molecular weight excluding hydrogens is 310 g/mol. The molecule has 2 aromatic rings. The van der Waals surface area contributed by atoms with E-state index in [9.17, 15) is 4.79 Å². The molecule has 3 rings (SSSR count). The molecule has 1 saturated heterocycles. The number of benzene rings is 1. The Kier molecular flexibility index (Phi) is 5.05. The van der Waals surface area contributed by atoms with Crippen molar-refractivity contribution in [3.8, 4) is 0 Å². The molecule has 0 radical (unpaired) electrons. The van der Waals surface area contributed by atoms with Crippen LogP contribution in [0.1, 0.15) is 30.3 Å². The molecule has 0 saturated carbocycles. The van der Waals surface area contributed by atoms with E-state index in [1.807, 2.05) is 30.3 Å². The average Bonchev–Trinajstić information content (AvgIpc) is 3.05. The van der Waals surface area contributed by atoms with Crippen molar-refractivity contribution >= 4 is 6.09 Å². The fraction of sp³-hybridized carbons (Fsp3) is 0.500. The van der Waals surface area contributed by atoms with E-state index in [0.29, 0.717) is 25.5 Å². The summed E-state index contributed by atoms with van der Waals surface area (Å²) in [5.41, 5.74) is 1.10. The SMILES string of the molecule is COCc1nnn(C(c2ccccc2)C2CCN(C(=O)O)CC2)n1. The van der Waals surface area contributed by atoms with E-state index in [1.54, 1.807) is 11.9 Å². The average molecular weight is 331 g/mol. The van der Waals surface area contributed by atoms with E-state index >= 15 is 0 Å². The minimum Gasteiger partial charge on any atom is -0.465 e. The summed E-state index contributed by atoms with van der Waals surface area (Å²) in [6, 6.07) is 9.99. The Hall–Kier alpha value is -2.48. The number of hydrogen-bond donors (Lipinski definition) is 1. The van der Waals surface area contributed by atoms with E-state index in [4.69, 9.17) is 9.84 Å². The first-order valence-electron chi connectivity index (χ1n) is 7.99. The lowest BCUT2D eigenvalue weighted by Crippen LogP contribution is -2.40. The maximum Gasteiger partial charge on any atom is 0.407 e. The molecule has 1 aliphatic heterocycles. The largest absolute Gasteiger partial charge is 0.465 e. The van der Waals surface area contributed by atoms with Crippen LogP contribution in [0.4, 0.5) is 4.79 Å². The minimum absolute atomic E-state index is 0.0553. The minimum atomic E-state index is -0.856. The summed E-state index contributed by atoms with van der Waals surface area (Å²) in [7, 11) is 1.59. The molecule has 2 heterocycles. The highest BCUT2D eigenvalue weighted by Gasteiger charge is 2.32. The number of rotatable bonds is 5. The first kappa shape index (κ1) is 16.4. The Morgan fingerprint density at radius 3 is 2.67 bits per heavy atom. The van der Waals surface area contributed by atoms with Crippen LogP contribution in [0.2, 0.25) is 0 Å². The molecule has 0 bridgehead atoms. The van der Waals surface area contributed by atoms with E-state index in [-0.39, 0.29) is 12.0 Å². The molecule has 1 aliphatic rings. The molecule has 1 fully saturated rings. The van der Waals surface area contributed by atoms with Crippen LogP contribution in [0.25, 0.3) is 0 Å². The van der Waals surface area contributed by atoms with Crippen LogP contribution in [-0.4, -0.2) is 56.5 Å². The molecule has 24 heavy (non-hydrogen) atoms. The zero-order valence-electron chi connectivity index (χ0n) is 13.6. The van der Waals surface area contributed by atoms with Gasteiger partial charge in [0.25, 0.3) is 0 Å². The van der Waals surface area contributed by atoms with Crippen molar-refractivity contribution in [1.82, 2.24) is 25.1 Å². The molecule has 1 atom stereocenters. The summed E-state index contributed by atoms with van der Waals surface area (Å²) >= 11 is 0. The van der Waals surface area contributed by atoms with Crippen molar-refractivity contribution in [3.63, 3.8) is 0 Å². The fourth-order valence-corrected chi connectivity index (χ4v) is 3.21. The molecule has 1 aromatic heterocycles. The van der Waals surface area contributed by atoms with Gasteiger partial charge in [-0.05, 0) is 29.5 Å². The van der Waals surface area contributed by atoms with Crippen molar-refractivity contribution < 1.29 is 14.6 Å². The molecule has 1 unspecified atom stereocenters. The zero-order valence-corrected chi connectivity index (χ0v) is 13.6. The van der Waals surface area contributed by atoms with E-state index in [0.717, 1.165) is 18.4 Å². The highest BCUT2D eigenvalue weighted by Crippen LogP contribution is 2.33. The number of piperidine rings is 1. The normalized spacial score (nSPS) is 17.0. The number of aromatic nitrogens is 4. The van der Waals surface area contributed by atoms with E-state index < -0.39 is 6.09 Å². The maximum absolute atomic E-state index is 11.1. The second-order valence-electron chi connectivity index (χ2n) is 5.92. The summed E-state index contributed by atoms with van der Waals surface area (Å²) in [4.78, 5) is 14.2. The van der Waals surface area contributed by atoms with Crippen molar-refractivity contribution in [2.45, 2.75) is 25.5 Å². The van der Waals surface area contributed by atoms with Crippen molar-refractivity contribution in [2.75, 3.05) is 20.2 Å². The van der Waals surface area contributed by atoms with Crippen molar-refractivity contribution in [2.24, 2.45) is 5.92 Å². The van der Waals surface area contributed by atoms with Gasteiger partial charge in [-0.2, -0.15) is 4.80 Å². The van der Waals surface area contributed by atoms with Gasteiger partial charge >= 0.3 is 6.09 Å². The lowest BCUT2D eigenvalue weighted by Gasteiger charge is -2.34. The molecule has 1 N–H and O–H groups in total. The van der Waals surface area contributed by atoms with Crippen LogP contribution in [0, 0.1) is 5.92 Å². The predicted octanol–water partition coefficient (Wildman–Crippen LogP) is 1.80. The summed E-state index contributed by atoms with van der Waals surface area (Å²) in [5.74, 6) is 0.800. The quantitative estimate of drug-likeness (QED) is 0.898. The number of nitrogens with zero attached hydrogens (tertiary/aromatic N) is 5. The van der Waals surface area contributed by atoms with Crippen LogP contribution in [0.5, 0.6) is 0 Å². The highest BCUT2D eigenvalue weighted by atomic mass is 16.5. The van der Waals surface area contributed by atoms with Gasteiger partial charge in [0.1, 0.15) is 12.6 Å². The zero-order chi connectivity index (χ0) is 16.9. The van der Waals surface area contributed by atoms with Gasteiger partial charge in [0.05, 0.1) is 0 Å². The smallest absolute Gasteiger partial charge is 0.407 e. The Balaban J connectivity index is 1.84. The Labute approximate surface area is 140 Å². The standard InChI is InChI=1S/C16H21N5O3/c1-24-11-14-17-19-21(18-14)15(12-5-3-2-4-6-12)13-7-9-20(10-8-13)16(22)23/h2-6,13,15H,7-11H2,1H3,(H,22,23). The van der Waals surface area contributed by atoms with Gasteiger partial charge in [0.15, 0.2) is 5.82 Å². The third-order valence-corrected chi connectivity index (χ3v) is 4.39. The van der Waals surface area contributed by atoms with Crippen LogP contribution >= 0.6 is 0 Å². The molecule has 0 spiro atoms. The third kappa shape index (κ3) is 3.53. The van der Waals surface area contributed by atoms with Crippen LogP contribution < -0.4 is 0 Å². The number of carboxylic acid groups (broad SMARTS) is 1. The van der Waals surface area contributed by atoms with Gasteiger partial charge < -0.3 is 14.7 Å². The second kappa shape index (κ2) is 7.39. The molecule has 8 nitrogen and oxygen atoms in total. The number of amides is 1. The monoisotopic (exact) mass is 331 g/mol. The number of hydrogen-bond acceptors (Lipinski definition) is 5. The van der Waals surface area contributed by atoms with Crippen LogP contribution in [0.3, 0.4) is 0 Å². The topological polar surface area (TPSA) is 93.4 Å². The summed E-state index contributed by atoms with van der Waals surface area (Å²) in [6.07, 6.45) is 0.686.